The molecule has 2 N–H and O–H groups in total. The number of methoxy groups -OCH3 is 1. The van der Waals surface area contributed by atoms with Gasteiger partial charge < -0.3 is 19.9 Å². The van der Waals surface area contributed by atoms with Crippen LogP contribution in [0.4, 0.5) is 10.5 Å². The van der Waals surface area contributed by atoms with Crippen molar-refractivity contribution in [1.82, 2.24) is 9.88 Å². The Balaban J connectivity index is 1.80. The molecule has 0 spiro atoms. The molecule has 7 heteroatoms. The van der Waals surface area contributed by atoms with Gasteiger partial charge in [0.1, 0.15) is 6.07 Å². The number of ether oxygens (including phenoxy) is 1. The van der Waals surface area contributed by atoms with Gasteiger partial charge in [0.25, 0.3) is 0 Å². The van der Waals surface area contributed by atoms with Crippen molar-refractivity contribution in [2.24, 2.45) is 0 Å². The minimum atomic E-state index is -0.400. The molecule has 0 radical (unpaired) electrons. The number of aromatic nitrogens is 1. The monoisotopic (exact) mass is 430 g/mol. The zero-order valence-corrected chi connectivity index (χ0v) is 18.4. The van der Waals surface area contributed by atoms with Crippen molar-refractivity contribution >= 4 is 28.6 Å². The molecule has 0 saturated heterocycles. The molecule has 164 valence electrons. The minimum Gasteiger partial charge on any atom is -0.465 e. The van der Waals surface area contributed by atoms with Crippen molar-refractivity contribution < 1.29 is 14.3 Å². The van der Waals surface area contributed by atoms with Crippen LogP contribution in [0.1, 0.15) is 55.1 Å². The number of carbonyl (C=O) groups is 2. The Morgan fingerprint density at radius 2 is 1.88 bits per heavy atom. The average Bonchev–Trinajstić information content (AvgIpc) is 3.05. The highest BCUT2D eigenvalue weighted by Gasteiger charge is 2.28. The van der Waals surface area contributed by atoms with E-state index in [0.29, 0.717) is 16.8 Å². The first kappa shape index (κ1) is 21.4. The molecule has 0 atom stereocenters. The summed E-state index contributed by atoms with van der Waals surface area (Å²) in [5, 5.41) is 16.5. The molecule has 1 aliphatic carbocycles. The molecule has 0 aliphatic heterocycles. The second-order valence-corrected chi connectivity index (χ2v) is 8.34. The lowest BCUT2D eigenvalue weighted by Gasteiger charge is -2.30. The molecule has 0 unspecified atom stereocenters. The van der Waals surface area contributed by atoms with Gasteiger partial charge in [0.05, 0.1) is 29.4 Å². The van der Waals surface area contributed by atoms with Gasteiger partial charge in [-0.1, -0.05) is 18.2 Å². The van der Waals surface area contributed by atoms with E-state index in [1.807, 2.05) is 50.2 Å². The van der Waals surface area contributed by atoms with Crippen LogP contribution >= 0.6 is 0 Å². The van der Waals surface area contributed by atoms with Crippen molar-refractivity contribution in [1.29, 1.82) is 5.26 Å². The van der Waals surface area contributed by atoms with Crippen molar-refractivity contribution in [3.63, 3.8) is 0 Å². The lowest BCUT2D eigenvalue weighted by molar-refractivity contribution is 0.0601. The minimum absolute atomic E-state index is 0.0422. The first-order valence-corrected chi connectivity index (χ1v) is 10.8. The van der Waals surface area contributed by atoms with Crippen LogP contribution in [0.2, 0.25) is 0 Å². The number of fused-ring (bicyclic) bond motifs is 1. The maximum absolute atomic E-state index is 12.1. The van der Waals surface area contributed by atoms with E-state index in [1.54, 1.807) is 6.07 Å². The predicted octanol–water partition coefficient (Wildman–Crippen LogP) is 5.22. The third-order valence-electron chi connectivity index (χ3n) is 5.81. The molecular formula is C25H26N4O3. The standard InChI is InChI=1S/C25H26N4O3/c1-15(2)27-25(31)28-18-10-7-16(8-11-18)23-21(14-26)20-12-9-17(24(30)32-3)13-22(20)29(23)19-5-4-6-19/h7-13,15,19H,4-6H2,1-3H3,(H2,27,28,31). The number of hydrogen-bond donors (Lipinski definition) is 2. The molecule has 1 heterocycles. The molecule has 7 nitrogen and oxygen atoms in total. The molecule has 1 aromatic heterocycles. The highest BCUT2D eigenvalue weighted by atomic mass is 16.5. The Hall–Kier alpha value is -3.79. The second kappa shape index (κ2) is 8.75. The Labute approximate surface area is 187 Å². The zero-order chi connectivity index (χ0) is 22.8. The third-order valence-corrected chi connectivity index (χ3v) is 5.81. The molecule has 1 saturated carbocycles. The number of nitriles is 1. The summed E-state index contributed by atoms with van der Waals surface area (Å²) in [5.41, 5.74) is 4.31. The van der Waals surface area contributed by atoms with Gasteiger partial charge in [-0.25, -0.2) is 9.59 Å². The number of urea groups is 1. The normalized spacial score (nSPS) is 13.5. The Bertz CT molecular complexity index is 1210. The summed E-state index contributed by atoms with van der Waals surface area (Å²) in [6, 6.07) is 15.3. The van der Waals surface area contributed by atoms with Crippen LogP contribution in [-0.4, -0.2) is 29.7 Å². The first-order valence-electron chi connectivity index (χ1n) is 10.8. The fourth-order valence-electron chi connectivity index (χ4n) is 4.12. The van der Waals surface area contributed by atoms with Crippen molar-refractivity contribution in [2.75, 3.05) is 12.4 Å². The lowest BCUT2D eigenvalue weighted by atomic mass is 9.92. The molecule has 1 fully saturated rings. The fourth-order valence-corrected chi connectivity index (χ4v) is 4.12. The summed E-state index contributed by atoms with van der Waals surface area (Å²) in [6.45, 7) is 3.80. The predicted molar refractivity (Wildman–Crippen MR) is 124 cm³/mol. The number of rotatable bonds is 5. The maximum Gasteiger partial charge on any atom is 0.337 e. The summed E-state index contributed by atoms with van der Waals surface area (Å²) in [6.07, 6.45) is 3.19. The SMILES string of the molecule is COC(=O)c1ccc2c(C#N)c(-c3ccc(NC(=O)NC(C)C)cc3)n(C3CCC3)c2c1. The zero-order valence-electron chi connectivity index (χ0n) is 18.4. The highest BCUT2D eigenvalue weighted by Crippen LogP contribution is 2.42. The number of nitrogens with zero attached hydrogens (tertiary/aromatic N) is 2. The largest absolute Gasteiger partial charge is 0.465 e. The Morgan fingerprint density at radius 3 is 2.44 bits per heavy atom. The lowest BCUT2D eigenvalue weighted by Crippen LogP contribution is -2.34. The number of hydrogen-bond acceptors (Lipinski definition) is 4. The number of amides is 2. The molecule has 0 bridgehead atoms. The number of anilines is 1. The molecule has 2 aromatic carbocycles. The molecule has 1 aliphatic rings. The Kier molecular flexibility index (Phi) is 5.87. The summed E-state index contributed by atoms with van der Waals surface area (Å²) in [5.74, 6) is -0.400. The van der Waals surface area contributed by atoms with Gasteiger partial charge >= 0.3 is 12.0 Å². The van der Waals surface area contributed by atoms with E-state index in [2.05, 4.69) is 21.3 Å². The quantitative estimate of drug-likeness (QED) is 0.542. The van der Waals surface area contributed by atoms with Crippen LogP contribution in [0.15, 0.2) is 42.5 Å². The average molecular weight is 431 g/mol. The van der Waals surface area contributed by atoms with Crippen LogP contribution in [0.3, 0.4) is 0 Å². The summed E-state index contributed by atoms with van der Waals surface area (Å²) < 4.78 is 7.08. The van der Waals surface area contributed by atoms with Crippen LogP contribution in [0.5, 0.6) is 0 Å². The van der Waals surface area contributed by atoms with Gasteiger partial charge in [0, 0.05) is 23.2 Å². The third kappa shape index (κ3) is 3.92. The van der Waals surface area contributed by atoms with E-state index in [-0.39, 0.29) is 18.1 Å². The van der Waals surface area contributed by atoms with Crippen LogP contribution in [0, 0.1) is 11.3 Å². The molecule has 3 aromatic rings. The van der Waals surface area contributed by atoms with E-state index in [9.17, 15) is 14.9 Å². The van der Waals surface area contributed by atoms with Crippen LogP contribution in [-0.2, 0) is 4.74 Å². The molecular weight excluding hydrogens is 404 g/mol. The van der Waals surface area contributed by atoms with Gasteiger partial charge in [0.2, 0.25) is 0 Å². The van der Waals surface area contributed by atoms with Gasteiger partial charge in [-0.2, -0.15) is 5.26 Å². The van der Waals surface area contributed by atoms with Crippen molar-refractivity contribution in [3.05, 3.63) is 53.6 Å². The van der Waals surface area contributed by atoms with E-state index < -0.39 is 5.97 Å². The van der Waals surface area contributed by atoms with E-state index in [0.717, 1.165) is 41.4 Å². The highest BCUT2D eigenvalue weighted by molar-refractivity contribution is 6.00. The number of carbonyl (C=O) groups excluding carboxylic acids is 2. The van der Waals surface area contributed by atoms with Gasteiger partial charge in [0.15, 0.2) is 0 Å². The first-order chi connectivity index (χ1) is 15.4. The molecule has 4 rings (SSSR count). The van der Waals surface area contributed by atoms with Gasteiger partial charge in [-0.3, -0.25) is 0 Å². The van der Waals surface area contributed by atoms with E-state index >= 15 is 0 Å². The summed E-state index contributed by atoms with van der Waals surface area (Å²) in [7, 11) is 1.36. The number of esters is 1. The second-order valence-electron chi connectivity index (χ2n) is 8.34. The number of nitrogens with one attached hydrogen (secondary N) is 2. The maximum atomic E-state index is 12.1. The Morgan fingerprint density at radius 1 is 1.16 bits per heavy atom. The smallest absolute Gasteiger partial charge is 0.337 e. The summed E-state index contributed by atoms with van der Waals surface area (Å²) >= 11 is 0. The van der Waals surface area contributed by atoms with E-state index in [4.69, 9.17) is 4.74 Å². The molecule has 32 heavy (non-hydrogen) atoms. The summed E-state index contributed by atoms with van der Waals surface area (Å²) in [4.78, 5) is 24.1. The van der Waals surface area contributed by atoms with Crippen LogP contribution in [0.25, 0.3) is 22.2 Å². The number of benzene rings is 2. The molecule has 2 amide bonds. The van der Waals surface area contributed by atoms with Crippen molar-refractivity contribution in [3.8, 4) is 17.3 Å². The van der Waals surface area contributed by atoms with Gasteiger partial charge in [-0.15, -0.1) is 0 Å². The van der Waals surface area contributed by atoms with E-state index in [1.165, 1.54) is 7.11 Å². The topological polar surface area (TPSA) is 96.2 Å². The van der Waals surface area contributed by atoms with Crippen molar-refractivity contribution in [2.45, 2.75) is 45.2 Å². The van der Waals surface area contributed by atoms with Crippen LogP contribution < -0.4 is 10.6 Å². The fraction of sp³-hybridized carbons (Fsp3) is 0.320. The van der Waals surface area contributed by atoms with Gasteiger partial charge in [-0.05, 0) is 62.9 Å².